The SMILES string of the molecule is Cc1noc(C=Cc2ccc(F)cc2F)c1S(=O)(=O)N1CCC(C(=O)NC(C)Cc2ccco2)CC1. The molecule has 1 atom stereocenters. The average molecular weight is 520 g/mol. The van der Waals surface area contributed by atoms with E-state index >= 15 is 0 Å². The van der Waals surface area contributed by atoms with Crippen LogP contribution in [0.3, 0.4) is 0 Å². The van der Waals surface area contributed by atoms with Crippen LogP contribution in [-0.2, 0) is 21.2 Å². The number of rotatable bonds is 8. The predicted octanol–water partition coefficient (Wildman–Crippen LogP) is 4.17. The van der Waals surface area contributed by atoms with Gasteiger partial charge in [-0.15, -0.1) is 0 Å². The first-order chi connectivity index (χ1) is 17.1. The van der Waals surface area contributed by atoms with Gasteiger partial charge in [0, 0.05) is 43.1 Å². The third-order valence-electron chi connectivity index (χ3n) is 6.11. The van der Waals surface area contributed by atoms with Crippen molar-refractivity contribution in [3.05, 3.63) is 71.0 Å². The molecule has 0 aliphatic carbocycles. The highest BCUT2D eigenvalue weighted by Gasteiger charge is 2.36. The molecule has 0 radical (unpaired) electrons. The van der Waals surface area contributed by atoms with E-state index in [1.807, 2.05) is 13.0 Å². The van der Waals surface area contributed by atoms with Crippen molar-refractivity contribution in [1.29, 1.82) is 0 Å². The van der Waals surface area contributed by atoms with E-state index in [1.54, 1.807) is 12.3 Å². The van der Waals surface area contributed by atoms with Gasteiger partial charge in [0.05, 0.1) is 6.26 Å². The molecule has 8 nitrogen and oxygen atoms in total. The van der Waals surface area contributed by atoms with E-state index < -0.39 is 21.7 Å². The summed E-state index contributed by atoms with van der Waals surface area (Å²) in [6.45, 7) is 3.72. The van der Waals surface area contributed by atoms with Crippen molar-refractivity contribution in [3.8, 4) is 0 Å². The van der Waals surface area contributed by atoms with Gasteiger partial charge in [-0.05, 0) is 63.1 Å². The lowest BCUT2D eigenvalue weighted by Crippen LogP contribution is -2.45. The van der Waals surface area contributed by atoms with E-state index in [0.29, 0.717) is 19.3 Å². The van der Waals surface area contributed by atoms with Gasteiger partial charge >= 0.3 is 0 Å². The number of aryl methyl sites for hydroxylation is 1. The van der Waals surface area contributed by atoms with Gasteiger partial charge in [-0.1, -0.05) is 5.16 Å². The number of aromatic nitrogens is 1. The highest BCUT2D eigenvalue weighted by atomic mass is 32.2. The molecule has 1 unspecified atom stereocenters. The molecular formula is C25H27F2N3O5S. The predicted molar refractivity (Wildman–Crippen MR) is 128 cm³/mol. The number of hydrogen-bond donors (Lipinski definition) is 1. The van der Waals surface area contributed by atoms with Gasteiger partial charge in [0.15, 0.2) is 10.7 Å². The van der Waals surface area contributed by atoms with Gasteiger partial charge in [-0.2, -0.15) is 4.31 Å². The monoisotopic (exact) mass is 519 g/mol. The lowest BCUT2D eigenvalue weighted by Gasteiger charge is -2.31. The Bertz CT molecular complexity index is 1340. The van der Waals surface area contributed by atoms with Crippen LogP contribution in [0.15, 0.2) is 50.4 Å². The van der Waals surface area contributed by atoms with Gasteiger partial charge in [-0.25, -0.2) is 17.2 Å². The first kappa shape index (κ1) is 25.8. The van der Waals surface area contributed by atoms with E-state index in [4.69, 9.17) is 8.94 Å². The first-order valence-electron chi connectivity index (χ1n) is 11.6. The molecule has 2 aromatic heterocycles. The number of nitrogens with one attached hydrogen (secondary N) is 1. The van der Waals surface area contributed by atoms with Crippen LogP contribution >= 0.6 is 0 Å². The van der Waals surface area contributed by atoms with Gasteiger partial charge in [-0.3, -0.25) is 4.79 Å². The number of piperidine rings is 1. The molecule has 1 aliphatic heterocycles. The van der Waals surface area contributed by atoms with Gasteiger partial charge in [0.25, 0.3) is 0 Å². The minimum Gasteiger partial charge on any atom is -0.469 e. The number of furan rings is 1. The smallest absolute Gasteiger partial charge is 0.248 e. The number of hydrogen-bond acceptors (Lipinski definition) is 6. The molecule has 0 saturated carbocycles. The topological polar surface area (TPSA) is 106 Å². The Morgan fingerprint density at radius 2 is 2.00 bits per heavy atom. The van der Waals surface area contributed by atoms with Crippen LogP contribution in [0.5, 0.6) is 0 Å². The normalized spacial score (nSPS) is 16.4. The van der Waals surface area contributed by atoms with Crippen molar-refractivity contribution < 1.29 is 30.9 Å². The van der Waals surface area contributed by atoms with Crippen LogP contribution in [0.1, 0.15) is 42.5 Å². The van der Waals surface area contributed by atoms with E-state index in [1.165, 1.54) is 29.4 Å². The van der Waals surface area contributed by atoms with Crippen LogP contribution in [0.2, 0.25) is 0 Å². The summed E-state index contributed by atoms with van der Waals surface area (Å²) in [6, 6.07) is 6.60. The Balaban J connectivity index is 1.41. The molecule has 1 fully saturated rings. The van der Waals surface area contributed by atoms with Gasteiger partial charge < -0.3 is 14.3 Å². The van der Waals surface area contributed by atoms with Crippen LogP contribution in [0.25, 0.3) is 12.2 Å². The Morgan fingerprint density at radius 3 is 2.67 bits per heavy atom. The largest absolute Gasteiger partial charge is 0.469 e. The average Bonchev–Trinajstić information content (AvgIpc) is 3.48. The number of nitrogens with zero attached hydrogens (tertiary/aromatic N) is 2. The summed E-state index contributed by atoms with van der Waals surface area (Å²) in [5, 5.41) is 6.75. The number of carbonyl (C=O) groups is 1. The maximum atomic E-state index is 14.0. The molecule has 0 bridgehead atoms. The zero-order chi connectivity index (χ0) is 25.9. The molecule has 0 spiro atoms. The van der Waals surface area contributed by atoms with Crippen molar-refractivity contribution >= 4 is 28.1 Å². The molecule has 1 aliphatic rings. The number of amides is 1. The minimum absolute atomic E-state index is 0.0529. The maximum absolute atomic E-state index is 14.0. The van der Waals surface area contributed by atoms with Crippen molar-refractivity contribution in [3.63, 3.8) is 0 Å². The second kappa shape index (κ2) is 10.8. The second-order valence-corrected chi connectivity index (χ2v) is 10.7. The van der Waals surface area contributed by atoms with E-state index in [0.717, 1.165) is 17.9 Å². The fourth-order valence-corrected chi connectivity index (χ4v) is 5.95. The number of benzene rings is 1. The van der Waals surface area contributed by atoms with E-state index in [2.05, 4.69) is 10.5 Å². The molecule has 3 heterocycles. The van der Waals surface area contributed by atoms with Crippen molar-refractivity contribution in [2.45, 2.75) is 44.0 Å². The molecule has 192 valence electrons. The lowest BCUT2D eigenvalue weighted by atomic mass is 9.96. The summed E-state index contributed by atoms with van der Waals surface area (Å²) >= 11 is 0. The number of halogens is 2. The molecule has 1 N–H and O–H groups in total. The number of carbonyl (C=O) groups excluding carboxylic acids is 1. The quantitative estimate of drug-likeness (QED) is 0.479. The van der Waals surface area contributed by atoms with Crippen LogP contribution in [-0.4, -0.2) is 42.9 Å². The Morgan fingerprint density at radius 1 is 1.25 bits per heavy atom. The van der Waals surface area contributed by atoms with Gasteiger partial charge in [0.2, 0.25) is 15.9 Å². The lowest BCUT2D eigenvalue weighted by molar-refractivity contribution is -0.126. The molecule has 11 heteroatoms. The minimum atomic E-state index is -3.98. The highest BCUT2D eigenvalue weighted by molar-refractivity contribution is 7.89. The number of sulfonamides is 1. The van der Waals surface area contributed by atoms with Crippen LogP contribution in [0, 0.1) is 24.5 Å². The summed E-state index contributed by atoms with van der Waals surface area (Å²) in [5.41, 5.74) is 0.239. The molecule has 1 aromatic carbocycles. The Hall–Kier alpha value is -3.31. The molecule has 3 aromatic rings. The summed E-state index contributed by atoms with van der Waals surface area (Å²) in [4.78, 5) is 12.6. The zero-order valence-electron chi connectivity index (χ0n) is 19.9. The maximum Gasteiger partial charge on any atom is 0.248 e. The second-order valence-electron chi connectivity index (χ2n) is 8.83. The fourth-order valence-electron chi connectivity index (χ4n) is 4.23. The highest BCUT2D eigenvalue weighted by Crippen LogP contribution is 2.29. The van der Waals surface area contributed by atoms with Crippen molar-refractivity contribution in [1.82, 2.24) is 14.8 Å². The molecule has 36 heavy (non-hydrogen) atoms. The third-order valence-corrected chi connectivity index (χ3v) is 8.17. The third kappa shape index (κ3) is 5.73. The summed E-state index contributed by atoms with van der Waals surface area (Å²) in [7, 11) is -3.98. The first-order valence-corrected chi connectivity index (χ1v) is 13.0. The Kier molecular flexibility index (Phi) is 7.70. The summed E-state index contributed by atoms with van der Waals surface area (Å²) in [5.74, 6) is -1.20. The molecule has 1 amide bonds. The molecular weight excluding hydrogens is 492 g/mol. The standard InChI is InChI=1S/C25H27F2N3O5S/c1-16(14-21-4-3-13-34-21)28-25(31)19-9-11-30(12-10-19)36(32,33)24-17(2)29-35-23(24)8-6-18-5-7-20(26)15-22(18)27/h3-8,13,15-16,19H,9-12,14H2,1-2H3,(H,28,31). The van der Waals surface area contributed by atoms with Gasteiger partial charge in [0.1, 0.15) is 23.1 Å². The van der Waals surface area contributed by atoms with E-state index in [9.17, 15) is 22.0 Å². The van der Waals surface area contributed by atoms with Crippen LogP contribution < -0.4 is 5.32 Å². The Labute approximate surface area is 208 Å². The van der Waals surface area contributed by atoms with Crippen molar-refractivity contribution in [2.24, 2.45) is 5.92 Å². The fraction of sp³-hybridized carbons (Fsp3) is 0.360. The zero-order valence-corrected chi connectivity index (χ0v) is 20.7. The molecule has 1 saturated heterocycles. The van der Waals surface area contributed by atoms with Crippen molar-refractivity contribution in [2.75, 3.05) is 13.1 Å². The molecule has 4 rings (SSSR count). The van der Waals surface area contributed by atoms with Crippen LogP contribution in [0.4, 0.5) is 8.78 Å². The summed E-state index contributed by atoms with van der Waals surface area (Å²) in [6.07, 6.45) is 5.48. The summed E-state index contributed by atoms with van der Waals surface area (Å²) < 4.78 is 65.7. The van der Waals surface area contributed by atoms with E-state index in [-0.39, 0.29) is 52.9 Å².